The molecular weight excluding hydrogens is 254 g/mol. The van der Waals surface area contributed by atoms with Crippen molar-refractivity contribution in [2.45, 2.75) is 50.5 Å². The van der Waals surface area contributed by atoms with Crippen molar-refractivity contribution in [2.75, 3.05) is 26.8 Å². The summed E-state index contributed by atoms with van der Waals surface area (Å²) in [6.45, 7) is 1.66. The number of ether oxygens (including phenoxy) is 1. The number of hydrogen-bond donors (Lipinski definition) is 1. The molecule has 3 fully saturated rings. The molecule has 0 aromatic rings. The minimum absolute atomic E-state index is 0.211. The van der Waals surface area contributed by atoms with E-state index in [4.69, 9.17) is 4.74 Å². The summed E-state index contributed by atoms with van der Waals surface area (Å²) in [4.78, 5) is 14.1. The van der Waals surface area contributed by atoms with Gasteiger partial charge in [-0.25, -0.2) is 0 Å². The second kappa shape index (κ2) is 5.64. The normalized spacial score (nSPS) is 35.2. The average Bonchev–Trinajstić information content (AvgIpc) is 3.01. The maximum Gasteiger partial charge on any atom is 0.222 e. The van der Waals surface area contributed by atoms with Crippen LogP contribution in [-0.4, -0.2) is 48.3 Å². The van der Waals surface area contributed by atoms with E-state index in [9.17, 15) is 9.90 Å². The Hall–Kier alpha value is -0.610. The average molecular weight is 281 g/mol. The molecule has 1 saturated heterocycles. The molecule has 0 spiro atoms. The maximum absolute atomic E-state index is 12.4. The zero-order valence-corrected chi connectivity index (χ0v) is 12.5. The van der Waals surface area contributed by atoms with E-state index in [1.807, 2.05) is 7.05 Å². The lowest BCUT2D eigenvalue weighted by Gasteiger charge is -2.36. The van der Waals surface area contributed by atoms with Crippen molar-refractivity contribution in [2.24, 2.45) is 17.8 Å². The topological polar surface area (TPSA) is 49.8 Å². The zero-order chi connectivity index (χ0) is 14.2. The first kappa shape index (κ1) is 14.3. The van der Waals surface area contributed by atoms with Gasteiger partial charge in [-0.3, -0.25) is 4.79 Å². The van der Waals surface area contributed by atoms with Crippen molar-refractivity contribution in [1.29, 1.82) is 0 Å². The maximum atomic E-state index is 12.4. The Morgan fingerprint density at radius 2 is 2.05 bits per heavy atom. The van der Waals surface area contributed by atoms with Crippen LogP contribution in [0.15, 0.2) is 0 Å². The first-order valence-electron chi connectivity index (χ1n) is 8.10. The van der Waals surface area contributed by atoms with Crippen LogP contribution in [0.3, 0.4) is 0 Å². The predicted octanol–water partition coefficient (Wildman–Crippen LogP) is 1.81. The first-order valence-corrected chi connectivity index (χ1v) is 8.10. The fourth-order valence-corrected chi connectivity index (χ4v) is 4.45. The van der Waals surface area contributed by atoms with Gasteiger partial charge in [-0.15, -0.1) is 0 Å². The van der Waals surface area contributed by atoms with E-state index >= 15 is 0 Å². The lowest BCUT2D eigenvalue weighted by Crippen LogP contribution is -2.47. The Bertz CT molecular complexity index is 365. The lowest BCUT2D eigenvalue weighted by atomic mass is 9.86. The molecule has 3 aliphatic rings. The van der Waals surface area contributed by atoms with Crippen molar-refractivity contribution < 1.29 is 14.6 Å². The van der Waals surface area contributed by atoms with Gasteiger partial charge in [0.25, 0.3) is 0 Å². The predicted molar refractivity (Wildman–Crippen MR) is 76.2 cm³/mol. The van der Waals surface area contributed by atoms with Crippen LogP contribution in [0.25, 0.3) is 0 Å². The van der Waals surface area contributed by atoms with E-state index in [0.29, 0.717) is 44.9 Å². The van der Waals surface area contributed by atoms with Gasteiger partial charge in [0.2, 0.25) is 5.91 Å². The lowest BCUT2D eigenvalue weighted by molar-refractivity contribution is -0.138. The van der Waals surface area contributed by atoms with E-state index in [2.05, 4.69) is 0 Å². The quantitative estimate of drug-likeness (QED) is 0.855. The van der Waals surface area contributed by atoms with Crippen LogP contribution in [0.4, 0.5) is 0 Å². The van der Waals surface area contributed by atoms with Crippen LogP contribution in [0.2, 0.25) is 0 Å². The molecule has 2 saturated carbocycles. The van der Waals surface area contributed by atoms with E-state index in [-0.39, 0.29) is 5.91 Å². The fourth-order valence-electron chi connectivity index (χ4n) is 4.45. The molecule has 3 atom stereocenters. The molecule has 0 aromatic carbocycles. The van der Waals surface area contributed by atoms with Crippen molar-refractivity contribution in [3.05, 3.63) is 0 Å². The molecule has 3 unspecified atom stereocenters. The highest BCUT2D eigenvalue weighted by Crippen LogP contribution is 2.49. The molecule has 1 heterocycles. The van der Waals surface area contributed by atoms with Crippen LogP contribution in [0.5, 0.6) is 0 Å². The van der Waals surface area contributed by atoms with Gasteiger partial charge >= 0.3 is 0 Å². The van der Waals surface area contributed by atoms with Gasteiger partial charge in [-0.1, -0.05) is 6.42 Å². The number of amides is 1. The van der Waals surface area contributed by atoms with Crippen LogP contribution >= 0.6 is 0 Å². The number of carbonyl (C=O) groups excluding carboxylic acids is 1. The number of fused-ring (bicyclic) bond motifs is 2. The van der Waals surface area contributed by atoms with Crippen molar-refractivity contribution in [1.82, 2.24) is 4.90 Å². The Morgan fingerprint density at radius 3 is 2.65 bits per heavy atom. The van der Waals surface area contributed by atoms with Crippen LogP contribution in [0, 0.1) is 17.8 Å². The summed E-state index contributed by atoms with van der Waals surface area (Å²) < 4.78 is 5.28. The molecule has 1 N–H and O–H groups in total. The largest absolute Gasteiger partial charge is 0.388 e. The second-order valence-corrected chi connectivity index (χ2v) is 7.23. The Balaban J connectivity index is 1.49. The van der Waals surface area contributed by atoms with Gasteiger partial charge in [0.15, 0.2) is 0 Å². The molecule has 2 aliphatic carbocycles. The summed E-state index contributed by atoms with van der Waals surface area (Å²) in [5, 5.41) is 10.5. The van der Waals surface area contributed by atoms with E-state index in [1.165, 1.54) is 25.7 Å². The minimum atomic E-state index is -0.739. The van der Waals surface area contributed by atoms with Crippen molar-refractivity contribution in [3.8, 4) is 0 Å². The molecule has 1 amide bonds. The van der Waals surface area contributed by atoms with Crippen molar-refractivity contribution in [3.63, 3.8) is 0 Å². The summed E-state index contributed by atoms with van der Waals surface area (Å²) in [6.07, 6.45) is 7.27. The van der Waals surface area contributed by atoms with E-state index < -0.39 is 5.60 Å². The van der Waals surface area contributed by atoms with Crippen LogP contribution in [-0.2, 0) is 9.53 Å². The van der Waals surface area contributed by atoms with Gasteiger partial charge in [0, 0.05) is 46.1 Å². The molecule has 2 bridgehead atoms. The number of carbonyl (C=O) groups is 1. The van der Waals surface area contributed by atoms with Crippen LogP contribution < -0.4 is 0 Å². The minimum Gasteiger partial charge on any atom is -0.388 e. The Labute approximate surface area is 121 Å². The number of rotatable bonds is 4. The molecule has 1 aliphatic heterocycles. The van der Waals surface area contributed by atoms with Crippen LogP contribution in [0.1, 0.15) is 44.9 Å². The summed E-state index contributed by atoms with van der Waals surface area (Å²) in [5.74, 6) is 2.50. The summed E-state index contributed by atoms with van der Waals surface area (Å²) in [7, 11) is 1.84. The zero-order valence-electron chi connectivity index (χ0n) is 12.5. The molecular formula is C16H27NO3. The summed E-state index contributed by atoms with van der Waals surface area (Å²) >= 11 is 0. The fraction of sp³-hybridized carbons (Fsp3) is 0.938. The van der Waals surface area contributed by atoms with Gasteiger partial charge in [-0.05, 0) is 37.0 Å². The molecule has 3 rings (SSSR count). The smallest absolute Gasteiger partial charge is 0.222 e. The standard InChI is InChI=1S/C16H27NO3/c1-17(11-16(19)4-6-20-7-5-16)15(18)10-14-9-12-2-3-13(14)8-12/h12-14,19H,2-11H2,1H3. The van der Waals surface area contributed by atoms with Crippen molar-refractivity contribution >= 4 is 5.91 Å². The number of hydrogen-bond acceptors (Lipinski definition) is 3. The SMILES string of the molecule is CN(CC1(O)CCOCC1)C(=O)CC1CC2CCC1C2. The Morgan fingerprint density at radius 1 is 1.30 bits per heavy atom. The van der Waals surface area contributed by atoms with E-state index in [1.54, 1.807) is 4.90 Å². The molecule has 4 heteroatoms. The number of nitrogens with zero attached hydrogens (tertiary/aromatic N) is 1. The molecule has 0 radical (unpaired) electrons. The van der Waals surface area contributed by atoms with Gasteiger partial charge < -0.3 is 14.7 Å². The van der Waals surface area contributed by atoms with Gasteiger partial charge in [0.05, 0.1) is 5.60 Å². The first-order chi connectivity index (χ1) is 9.56. The highest BCUT2D eigenvalue weighted by atomic mass is 16.5. The number of aliphatic hydroxyl groups is 1. The van der Waals surface area contributed by atoms with Gasteiger partial charge in [0.1, 0.15) is 0 Å². The monoisotopic (exact) mass is 281 g/mol. The second-order valence-electron chi connectivity index (χ2n) is 7.23. The highest BCUT2D eigenvalue weighted by Gasteiger charge is 2.41. The summed E-state index contributed by atoms with van der Waals surface area (Å²) in [5.41, 5.74) is -0.739. The number of likely N-dealkylation sites (N-methyl/N-ethyl adjacent to an activating group) is 1. The molecule has 4 nitrogen and oxygen atoms in total. The molecule has 114 valence electrons. The molecule has 20 heavy (non-hydrogen) atoms. The van der Waals surface area contributed by atoms with Gasteiger partial charge in [-0.2, -0.15) is 0 Å². The summed E-state index contributed by atoms with van der Waals surface area (Å²) in [6, 6.07) is 0. The third-order valence-corrected chi connectivity index (χ3v) is 5.70. The highest BCUT2D eigenvalue weighted by molar-refractivity contribution is 5.76. The Kier molecular flexibility index (Phi) is 4.04. The molecule has 0 aromatic heterocycles. The third kappa shape index (κ3) is 3.01. The third-order valence-electron chi connectivity index (χ3n) is 5.70. The van der Waals surface area contributed by atoms with E-state index in [0.717, 1.165) is 11.8 Å².